The molecule has 8 N–H and O–H groups in total. The number of hydrogen-bond acceptors (Lipinski definition) is 12. The number of carbonyl (C=O) groups is 3. The van der Waals surface area contributed by atoms with E-state index >= 15 is 0 Å². The second-order valence-corrected chi connectivity index (χ2v) is 11.7. The topological polar surface area (TPSA) is 211 Å². The van der Waals surface area contributed by atoms with Crippen molar-refractivity contribution >= 4 is 29.8 Å². The Hall–Kier alpha value is -4.11. The number of benzene rings is 1. The molecular formula is C26H35N9O6. The molecule has 1 aromatic rings. The molecule has 15 nitrogen and oxygen atoms in total. The van der Waals surface area contributed by atoms with Crippen LogP contribution in [0.15, 0.2) is 28.2 Å². The van der Waals surface area contributed by atoms with Gasteiger partial charge in [-0.25, -0.2) is 14.8 Å². The molecule has 1 spiro atoms. The van der Waals surface area contributed by atoms with Gasteiger partial charge in [0.2, 0.25) is 11.7 Å². The van der Waals surface area contributed by atoms with Crippen molar-refractivity contribution in [2.75, 3.05) is 32.8 Å². The first kappa shape index (κ1) is 27.1. The summed E-state index contributed by atoms with van der Waals surface area (Å²) in [6, 6.07) is 1.58. The van der Waals surface area contributed by atoms with Crippen LogP contribution in [0.3, 0.4) is 0 Å². The van der Waals surface area contributed by atoms with E-state index in [2.05, 4.69) is 34.5 Å². The van der Waals surface area contributed by atoms with Gasteiger partial charge in [-0.05, 0) is 24.8 Å². The van der Waals surface area contributed by atoms with Crippen LogP contribution < -0.4 is 26.8 Å². The van der Waals surface area contributed by atoms with Crippen LogP contribution in [-0.2, 0) is 10.2 Å². The summed E-state index contributed by atoms with van der Waals surface area (Å²) in [5.41, 5.74) is 11.5. The molecule has 2 unspecified atom stereocenters. The summed E-state index contributed by atoms with van der Waals surface area (Å²) in [6.45, 7) is 6.34. The standard InChI is InChI=1S/C26H35N9O6/c1-4-33-12-17(36)34(23(33)38)10-15-19-25(32-21(27)31-19)26(39,40)16(11-35(25)22(28)29-15)30-20(37)13-6-5-7-14-18(13)41-9-8-24(14,2)3/h5-7,15-16,19,39-40H,4,8-12H2,1-3H3,(H2,28,29)(H,30,37)(H3,27,31,32)/t15-,16?,19-,25?/m0/s1. The van der Waals surface area contributed by atoms with Crippen molar-refractivity contribution < 1.29 is 29.3 Å². The molecule has 1 aromatic carbocycles. The van der Waals surface area contributed by atoms with Gasteiger partial charge in [-0.15, -0.1) is 0 Å². The van der Waals surface area contributed by atoms with Crippen LogP contribution in [-0.4, -0.2) is 117 Å². The first-order valence-corrected chi connectivity index (χ1v) is 13.7. The van der Waals surface area contributed by atoms with E-state index in [1.165, 1.54) is 9.80 Å². The number of nitrogens with one attached hydrogen (secondary N) is 2. The number of hydrogen-bond donors (Lipinski definition) is 6. The molecule has 0 aliphatic carbocycles. The number of imide groups is 1. The number of aliphatic imine (C=N–C) groups is 2. The number of aliphatic hydroxyl groups is 2. The van der Waals surface area contributed by atoms with E-state index in [-0.39, 0.29) is 42.5 Å². The van der Waals surface area contributed by atoms with Crippen LogP contribution in [0.1, 0.15) is 43.1 Å². The highest BCUT2D eigenvalue weighted by Gasteiger charge is 2.73. The number of rotatable bonds is 5. The van der Waals surface area contributed by atoms with Gasteiger partial charge < -0.3 is 46.9 Å². The molecule has 0 aromatic heterocycles. The minimum Gasteiger partial charge on any atom is -0.492 e. The predicted molar refractivity (Wildman–Crippen MR) is 146 cm³/mol. The quantitative estimate of drug-likeness (QED) is 0.166. The van der Waals surface area contributed by atoms with E-state index in [1.807, 2.05) is 6.07 Å². The van der Waals surface area contributed by atoms with Gasteiger partial charge in [0.1, 0.15) is 24.4 Å². The first-order valence-electron chi connectivity index (χ1n) is 13.7. The molecule has 5 aliphatic rings. The van der Waals surface area contributed by atoms with Crippen LogP contribution in [0.25, 0.3) is 0 Å². The minimum absolute atomic E-state index is 0.0605. The van der Waals surface area contributed by atoms with E-state index in [1.54, 1.807) is 19.1 Å². The maximum atomic E-state index is 13.6. The van der Waals surface area contributed by atoms with Gasteiger partial charge in [-0.3, -0.25) is 14.5 Å². The van der Waals surface area contributed by atoms with Gasteiger partial charge in [0, 0.05) is 18.7 Å². The highest BCUT2D eigenvalue weighted by atomic mass is 16.5. The van der Waals surface area contributed by atoms with Gasteiger partial charge in [0.15, 0.2) is 17.6 Å². The highest BCUT2D eigenvalue weighted by molar-refractivity contribution is 6.02. The molecule has 0 radical (unpaired) electrons. The summed E-state index contributed by atoms with van der Waals surface area (Å²) in [5.74, 6) is -3.35. The number of nitrogens with two attached hydrogens (primary N) is 2. The zero-order valence-corrected chi connectivity index (χ0v) is 23.1. The summed E-state index contributed by atoms with van der Waals surface area (Å²) in [7, 11) is 0. The van der Waals surface area contributed by atoms with Gasteiger partial charge in [-0.2, -0.15) is 0 Å². The van der Waals surface area contributed by atoms with Crippen LogP contribution in [0.5, 0.6) is 5.75 Å². The first-order chi connectivity index (χ1) is 19.3. The van der Waals surface area contributed by atoms with Crippen molar-refractivity contribution in [3.05, 3.63) is 29.3 Å². The minimum atomic E-state index is -2.67. The average Bonchev–Trinajstić information content (AvgIpc) is 3.49. The van der Waals surface area contributed by atoms with Crippen molar-refractivity contribution in [3.63, 3.8) is 0 Å². The van der Waals surface area contributed by atoms with E-state index in [0.717, 1.165) is 16.9 Å². The number of amides is 4. The van der Waals surface area contributed by atoms with E-state index in [4.69, 9.17) is 16.2 Å². The normalized spacial score (nSPS) is 31.0. The number of urea groups is 1. The molecule has 220 valence electrons. The number of para-hydroxylation sites is 1. The fourth-order valence-corrected chi connectivity index (χ4v) is 6.63. The molecule has 5 aliphatic heterocycles. The zero-order valence-electron chi connectivity index (χ0n) is 23.1. The summed E-state index contributed by atoms with van der Waals surface area (Å²) in [4.78, 5) is 51.7. The third-order valence-electron chi connectivity index (χ3n) is 8.95. The second-order valence-electron chi connectivity index (χ2n) is 11.7. The van der Waals surface area contributed by atoms with Gasteiger partial charge in [0.25, 0.3) is 5.91 Å². The van der Waals surface area contributed by atoms with Crippen LogP contribution in [0, 0.1) is 0 Å². The Morgan fingerprint density at radius 2 is 2.00 bits per heavy atom. The summed E-state index contributed by atoms with van der Waals surface area (Å²) in [5, 5.41) is 29.1. The summed E-state index contributed by atoms with van der Waals surface area (Å²) < 4.78 is 5.89. The predicted octanol–water partition coefficient (Wildman–Crippen LogP) is -2.19. The lowest BCUT2D eigenvalue weighted by atomic mass is 9.79. The summed E-state index contributed by atoms with van der Waals surface area (Å²) >= 11 is 0. The molecule has 2 saturated heterocycles. The Bertz CT molecular complexity index is 1390. The van der Waals surface area contributed by atoms with Crippen LogP contribution in [0.2, 0.25) is 0 Å². The molecule has 0 bridgehead atoms. The number of ether oxygens (including phenoxy) is 1. The Kier molecular flexibility index (Phi) is 5.91. The van der Waals surface area contributed by atoms with Crippen molar-refractivity contribution in [2.45, 2.75) is 62.2 Å². The van der Waals surface area contributed by atoms with Crippen molar-refractivity contribution in [2.24, 2.45) is 21.5 Å². The fourth-order valence-electron chi connectivity index (χ4n) is 6.63. The molecule has 41 heavy (non-hydrogen) atoms. The Balaban J connectivity index is 1.30. The fraction of sp³-hybridized carbons (Fsp3) is 0.577. The van der Waals surface area contributed by atoms with E-state index in [9.17, 15) is 24.6 Å². The van der Waals surface area contributed by atoms with Gasteiger partial charge in [0.05, 0.1) is 24.8 Å². The number of carbonyl (C=O) groups excluding carboxylic acids is 3. The zero-order chi connectivity index (χ0) is 29.5. The lowest BCUT2D eigenvalue weighted by Gasteiger charge is -2.49. The molecule has 4 amide bonds. The second kappa shape index (κ2) is 8.94. The smallest absolute Gasteiger partial charge is 0.327 e. The SMILES string of the molecule is CCN1CC(=O)N(C[C@@H]2N=C(N)N3CC(NC(=O)c4cccc5c4OCCC5(C)C)C(O)(O)C34NC(N)=N[C@@H]24)C1=O. The molecule has 5 heterocycles. The van der Waals surface area contributed by atoms with Crippen LogP contribution >= 0.6 is 0 Å². The highest BCUT2D eigenvalue weighted by Crippen LogP contribution is 2.45. The van der Waals surface area contributed by atoms with E-state index < -0.39 is 47.4 Å². The van der Waals surface area contributed by atoms with Crippen LogP contribution in [0.4, 0.5) is 4.79 Å². The number of fused-ring (bicyclic) bond motifs is 1. The Labute approximate surface area is 236 Å². The summed E-state index contributed by atoms with van der Waals surface area (Å²) in [6.07, 6.45) is 0.793. The Morgan fingerprint density at radius 1 is 1.24 bits per heavy atom. The molecule has 4 atom stereocenters. The monoisotopic (exact) mass is 569 g/mol. The van der Waals surface area contributed by atoms with Crippen molar-refractivity contribution in [1.82, 2.24) is 25.3 Å². The number of nitrogens with zero attached hydrogens (tertiary/aromatic N) is 5. The Morgan fingerprint density at radius 3 is 2.71 bits per heavy atom. The third-order valence-corrected chi connectivity index (χ3v) is 8.95. The van der Waals surface area contributed by atoms with Gasteiger partial charge >= 0.3 is 6.03 Å². The van der Waals surface area contributed by atoms with Crippen molar-refractivity contribution in [1.29, 1.82) is 0 Å². The average molecular weight is 570 g/mol. The largest absolute Gasteiger partial charge is 0.492 e. The number of guanidine groups is 2. The molecular weight excluding hydrogens is 534 g/mol. The lowest BCUT2D eigenvalue weighted by Crippen LogP contribution is -2.78. The molecule has 6 rings (SSSR count). The third kappa shape index (κ3) is 3.75. The lowest BCUT2D eigenvalue weighted by molar-refractivity contribution is -0.230. The number of likely N-dealkylation sites (N-methyl/N-ethyl adjacent to an activating group) is 1. The molecule has 0 saturated carbocycles. The van der Waals surface area contributed by atoms with Gasteiger partial charge in [-0.1, -0.05) is 26.0 Å². The van der Waals surface area contributed by atoms with E-state index in [0.29, 0.717) is 18.9 Å². The van der Waals surface area contributed by atoms with Crippen molar-refractivity contribution in [3.8, 4) is 5.75 Å². The molecule has 15 heteroatoms. The maximum Gasteiger partial charge on any atom is 0.327 e. The molecule has 2 fully saturated rings. The maximum absolute atomic E-state index is 13.6.